The lowest BCUT2D eigenvalue weighted by Crippen LogP contribution is -2.16. The molecule has 66 valence electrons. The summed E-state index contributed by atoms with van der Waals surface area (Å²) in [5.41, 5.74) is 4.78. The average Bonchev–Trinajstić information content (AvgIpc) is 2.04. The quantitative estimate of drug-likeness (QED) is 0.207. The van der Waals surface area contributed by atoms with E-state index in [1.165, 1.54) is 7.05 Å². The molecule has 12 heavy (non-hydrogen) atoms. The van der Waals surface area contributed by atoms with Crippen molar-refractivity contribution in [3.8, 4) is 0 Å². The minimum Gasteiger partial charge on any atom is -0.503 e. The Bertz CT molecular complexity index is 244. The number of nitrogens with zero attached hydrogens (tertiary/aromatic N) is 1. The maximum absolute atomic E-state index is 10.6. The van der Waals surface area contributed by atoms with Crippen LogP contribution < -0.4 is 11.1 Å². The highest BCUT2D eigenvalue weighted by atomic mass is 16.3. The third-order valence-electron chi connectivity index (χ3n) is 0.925. The van der Waals surface area contributed by atoms with Crippen LogP contribution in [0, 0.1) is 0 Å². The first-order valence-electron chi connectivity index (χ1n) is 3.02. The van der Waals surface area contributed by atoms with E-state index in [0.717, 1.165) is 12.4 Å². The number of carbonyl (C=O) groups excluding carboxylic acids is 2. The van der Waals surface area contributed by atoms with Gasteiger partial charge >= 0.3 is 5.91 Å². The van der Waals surface area contributed by atoms with E-state index in [2.05, 4.69) is 10.3 Å². The second kappa shape index (κ2) is 4.89. The summed E-state index contributed by atoms with van der Waals surface area (Å²) in [6.07, 6.45) is 1.45. The van der Waals surface area contributed by atoms with Crippen LogP contribution in [0.3, 0.4) is 0 Å². The van der Waals surface area contributed by atoms with Crippen molar-refractivity contribution in [3.05, 3.63) is 11.8 Å². The summed E-state index contributed by atoms with van der Waals surface area (Å²) in [4.78, 5) is 24.2. The predicted octanol–water partition coefficient (Wildman–Crippen LogP) is -1.31. The lowest BCUT2D eigenvalue weighted by atomic mass is 10.4. The second-order valence-electron chi connectivity index (χ2n) is 1.73. The molecule has 4 N–H and O–H groups in total. The van der Waals surface area contributed by atoms with Gasteiger partial charge in [-0.3, -0.25) is 9.59 Å². The highest BCUT2D eigenvalue weighted by Crippen LogP contribution is 1.90. The fourth-order valence-electron chi connectivity index (χ4n) is 0.392. The van der Waals surface area contributed by atoms with Crippen molar-refractivity contribution >= 4 is 18.2 Å². The molecular formula is C6H9N3O3. The SMILES string of the molecule is CNC(=O)/C=C(\O)C(=O)N=CN. The molecule has 0 fully saturated rings. The highest BCUT2D eigenvalue weighted by molar-refractivity contribution is 6.01. The number of hydrogen-bond donors (Lipinski definition) is 3. The van der Waals surface area contributed by atoms with Crippen LogP contribution in [-0.4, -0.2) is 30.3 Å². The van der Waals surface area contributed by atoms with E-state index in [-0.39, 0.29) is 0 Å². The van der Waals surface area contributed by atoms with Crippen molar-refractivity contribution in [1.82, 2.24) is 5.32 Å². The second-order valence-corrected chi connectivity index (χ2v) is 1.73. The Morgan fingerprint density at radius 2 is 2.17 bits per heavy atom. The normalized spacial score (nSPS) is 11.6. The lowest BCUT2D eigenvalue weighted by Gasteiger charge is -1.92. The van der Waals surface area contributed by atoms with E-state index in [9.17, 15) is 9.59 Å². The van der Waals surface area contributed by atoms with Crippen LogP contribution in [0.15, 0.2) is 16.8 Å². The molecule has 0 aliphatic rings. The maximum atomic E-state index is 10.6. The van der Waals surface area contributed by atoms with Gasteiger partial charge in [-0.05, 0) is 0 Å². The van der Waals surface area contributed by atoms with Gasteiger partial charge in [0.1, 0.15) is 0 Å². The van der Waals surface area contributed by atoms with Gasteiger partial charge in [0.25, 0.3) is 0 Å². The lowest BCUT2D eigenvalue weighted by molar-refractivity contribution is -0.119. The standard InChI is InChI=1S/C6H9N3O3/c1-8-5(11)2-4(10)6(12)9-3-7/h2-3,10H,1H3,(H,8,11)(H2,7,9,12)/b4-2-. The zero-order valence-electron chi connectivity index (χ0n) is 6.44. The molecule has 2 amide bonds. The highest BCUT2D eigenvalue weighted by Gasteiger charge is 2.06. The largest absolute Gasteiger partial charge is 0.503 e. The summed E-state index contributed by atoms with van der Waals surface area (Å²) >= 11 is 0. The fraction of sp³-hybridized carbons (Fsp3) is 0.167. The molecule has 0 atom stereocenters. The zero-order valence-corrected chi connectivity index (χ0v) is 6.44. The summed E-state index contributed by atoms with van der Waals surface area (Å²) in [5.74, 6) is -2.30. The van der Waals surface area contributed by atoms with Gasteiger partial charge in [-0.2, -0.15) is 4.99 Å². The van der Waals surface area contributed by atoms with Gasteiger partial charge in [0.2, 0.25) is 5.91 Å². The Hall–Kier alpha value is -1.85. The molecule has 6 nitrogen and oxygen atoms in total. The molecule has 0 aromatic carbocycles. The Balaban J connectivity index is 4.37. The molecule has 0 aliphatic heterocycles. The third kappa shape index (κ3) is 3.35. The van der Waals surface area contributed by atoms with Crippen LogP contribution >= 0.6 is 0 Å². The van der Waals surface area contributed by atoms with E-state index in [4.69, 9.17) is 10.8 Å². The smallest absolute Gasteiger partial charge is 0.313 e. The minimum atomic E-state index is -0.957. The van der Waals surface area contributed by atoms with Gasteiger partial charge in [0, 0.05) is 7.05 Å². The Kier molecular flexibility index (Phi) is 4.13. The van der Waals surface area contributed by atoms with Crippen LogP contribution in [0.1, 0.15) is 0 Å². The first kappa shape index (κ1) is 10.2. The van der Waals surface area contributed by atoms with Crippen LogP contribution in [0.25, 0.3) is 0 Å². The first-order valence-corrected chi connectivity index (χ1v) is 3.02. The van der Waals surface area contributed by atoms with E-state index < -0.39 is 17.6 Å². The Morgan fingerprint density at radius 1 is 1.58 bits per heavy atom. The topological polar surface area (TPSA) is 105 Å². The van der Waals surface area contributed by atoms with Crippen LogP contribution in [0.2, 0.25) is 0 Å². The van der Waals surface area contributed by atoms with Gasteiger partial charge in [0.05, 0.1) is 12.4 Å². The van der Waals surface area contributed by atoms with Crippen molar-refractivity contribution in [3.63, 3.8) is 0 Å². The van der Waals surface area contributed by atoms with Crippen LogP contribution in [-0.2, 0) is 9.59 Å². The summed E-state index contributed by atoms with van der Waals surface area (Å²) in [6, 6.07) is 0. The molecule has 0 rings (SSSR count). The number of likely N-dealkylation sites (N-methyl/N-ethyl adjacent to an activating group) is 1. The van der Waals surface area contributed by atoms with Gasteiger partial charge < -0.3 is 16.2 Å². The van der Waals surface area contributed by atoms with Gasteiger partial charge in [-0.25, -0.2) is 0 Å². The molecule has 0 aliphatic carbocycles. The fourth-order valence-corrected chi connectivity index (χ4v) is 0.392. The molecule has 0 aromatic heterocycles. The summed E-state index contributed by atoms with van der Waals surface area (Å²) in [5, 5.41) is 11.0. The Morgan fingerprint density at radius 3 is 2.58 bits per heavy atom. The number of nitrogens with one attached hydrogen (secondary N) is 1. The molecule has 0 bridgehead atoms. The van der Waals surface area contributed by atoms with Crippen molar-refractivity contribution in [1.29, 1.82) is 0 Å². The molecular weight excluding hydrogens is 162 g/mol. The minimum absolute atomic E-state index is 0.590. The van der Waals surface area contributed by atoms with Crippen LogP contribution in [0.5, 0.6) is 0 Å². The number of carbonyl (C=O) groups is 2. The van der Waals surface area contributed by atoms with E-state index >= 15 is 0 Å². The Labute approximate surface area is 68.8 Å². The number of amides is 2. The van der Waals surface area contributed by atoms with E-state index in [1.807, 2.05) is 0 Å². The number of nitrogens with two attached hydrogens (primary N) is 1. The van der Waals surface area contributed by atoms with Crippen LogP contribution in [0.4, 0.5) is 0 Å². The van der Waals surface area contributed by atoms with Crippen molar-refractivity contribution in [2.24, 2.45) is 10.7 Å². The van der Waals surface area contributed by atoms with Crippen molar-refractivity contribution in [2.75, 3.05) is 7.05 Å². The van der Waals surface area contributed by atoms with Gasteiger partial charge in [-0.15, -0.1) is 0 Å². The predicted molar refractivity (Wildman–Crippen MR) is 42.5 cm³/mol. The third-order valence-corrected chi connectivity index (χ3v) is 0.925. The van der Waals surface area contributed by atoms with E-state index in [0.29, 0.717) is 0 Å². The summed E-state index contributed by atoms with van der Waals surface area (Å²) < 4.78 is 0. The molecule has 0 spiro atoms. The maximum Gasteiger partial charge on any atom is 0.313 e. The summed E-state index contributed by atoms with van der Waals surface area (Å²) in [7, 11) is 1.36. The number of aliphatic imine (C=N–C) groups is 1. The zero-order chi connectivity index (χ0) is 9.56. The van der Waals surface area contributed by atoms with Crippen molar-refractivity contribution in [2.45, 2.75) is 0 Å². The van der Waals surface area contributed by atoms with Crippen molar-refractivity contribution < 1.29 is 14.7 Å². The average molecular weight is 171 g/mol. The van der Waals surface area contributed by atoms with Gasteiger partial charge in [-0.1, -0.05) is 0 Å². The summed E-state index contributed by atoms with van der Waals surface area (Å²) in [6.45, 7) is 0. The molecule has 0 saturated heterocycles. The molecule has 0 aromatic rings. The first-order chi connectivity index (χ1) is 5.61. The number of aliphatic hydroxyl groups is 1. The van der Waals surface area contributed by atoms with E-state index in [1.54, 1.807) is 0 Å². The number of aliphatic hydroxyl groups excluding tert-OH is 1. The van der Waals surface area contributed by atoms with Gasteiger partial charge in [0.15, 0.2) is 5.76 Å². The molecule has 0 saturated carbocycles. The number of rotatable bonds is 2. The molecule has 0 unspecified atom stereocenters. The molecule has 6 heteroatoms. The molecule has 0 heterocycles. The number of hydrogen-bond acceptors (Lipinski definition) is 3. The monoisotopic (exact) mass is 171 g/mol. The molecule has 0 radical (unpaired) electrons.